The molecule has 1 amide bonds. The van der Waals surface area contributed by atoms with E-state index < -0.39 is 23.5 Å². The van der Waals surface area contributed by atoms with Crippen LogP contribution in [0.25, 0.3) is 0 Å². The zero-order chi connectivity index (χ0) is 20.2. The number of benzene rings is 1. The summed E-state index contributed by atoms with van der Waals surface area (Å²) in [7, 11) is 0. The Labute approximate surface area is 153 Å². The highest BCUT2D eigenvalue weighted by Crippen LogP contribution is 2.30. The summed E-state index contributed by atoms with van der Waals surface area (Å²) in [5, 5.41) is 2.44. The van der Waals surface area contributed by atoms with Crippen molar-refractivity contribution < 1.29 is 27.2 Å². The van der Waals surface area contributed by atoms with E-state index in [1.807, 2.05) is 0 Å². The predicted octanol–water partition coefficient (Wildman–Crippen LogP) is 3.94. The highest BCUT2D eigenvalue weighted by molar-refractivity contribution is 5.94. The molecule has 0 radical (unpaired) electrons. The second-order valence-corrected chi connectivity index (χ2v) is 6.36. The molecule has 0 bridgehead atoms. The zero-order valence-corrected chi connectivity index (χ0v) is 14.7. The van der Waals surface area contributed by atoms with Crippen LogP contribution in [0.4, 0.5) is 17.6 Å². The number of Topliss-reactive ketones (excluding diaryl/α,β-unsaturated/α-hetero) is 1. The second-order valence-electron chi connectivity index (χ2n) is 6.36. The van der Waals surface area contributed by atoms with Crippen molar-refractivity contribution in [3.63, 3.8) is 0 Å². The van der Waals surface area contributed by atoms with Crippen LogP contribution in [-0.4, -0.2) is 16.7 Å². The van der Waals surface area contributed by atoms with Crippen molar-refractivity contribution in [2.45, 2.75) is 33.0 Å². The Bertz CT molecular complexity index is 848. The van der Waals surface area contributed by atoms with Gasteiger partial charge < -0.3 is 5.32 Å². The maximum atomic E-state index is 13.4. The third-order valence-electron chi connectivity index (χ3n) is 3.82. The molecule has 0 fully saturated rings. The molecule has 0 unspecified atom stereocenters. The lowest BCUT2D eigenvalue weighted by molar-refractivity contribution is -0.137. The summed E-state index contributed by atoms with van der Waals surface area (Å²) in [5.74, 6) is -1.79. The van der Waals surface area contributed by atoms with Crippen LogP contribution in [-0.2, 0) is 23.9 Å². The van der Waals surface area contributed by atoms with Crippen molar-refractivity contribution >= 4 is 11.7 Å². The first-order chi connectivity index (χ1) is 12.6. The van der Waals surface area contributed by atoms with E-state index in [1.54, 1.807) is 13.8 Å². The van der Waals surface area contributed by atoms with Crippen LogP contribution in [0.3, 0.4) is 0 Å². The van der Waals surface area contributed by atoms with E-state index in [-0.39, 0.29) is 35.8 Å². The van der Waals surface area contributed by atoms with E-state index in [4.69, 9.17) is 0 Å². The molecule has 0 saturated heterocycles. The van der Waals surface area contributed by atoms with Gasteiger partial charge in [0.15, 0.2) is 0 Å². The van der Waals surface area contributed by atoms with Gasteiger partial charge in [-0.25, -0.2) is 4.39 Å². The molecule has 1 N–H and O–H groups in total. The summed E-state index contributed by atoms with van der Waals surface area (Å²) >= 11 is 0. The Morgan fingerprint density at radius 1 is 1.15 bits per heavy atom. The number of pyridine rings is 1. The molecule has 0 aliphatic heterocycles. The number of amides is 1. The van der Waals surface area contributed by atoms with Crippen LogP contribution in [0, 0.1) is 11.7 Å². The lowest BCUT2D eigenvalue weighted by Crippen LogP contribution is -2.23. The van der Waals surface area contributed by atoms with Crippen molar-refractivity contribution in [2.24, 2.45) is 5.92 Å². The second kappa shape index (κ2) is 8.28. The molecular weight excluding hydrogens is 364 g/mol. The fourth-order valence-corrected chi connectivity index (χ4v) is 2.30. The first kappa shape index (κ1) is 20.5. The Kier molecular flexibility index (Phi) is 6.30. The average Bonchev–Trinajstić information content (AvgIpc) is 2.58. The van der Waals surface area contributed by atoms with E-state index in [0.717, 1.165) is 12.1 Å². The summed E-state index contributed by atoms with van der Waals surface area (Å²) in [6.07, 6.45) is -3.22. The molecule has 1 heterocycles. The Morgan fingerprint density at radius 2 is 1.85 bits per heavy atom. The zero-order valence-electron chi connectivity index (χ0n) is 14.7. The van der Waals surface area contributed by atoms with Gasteiger partial charge in [-0.1, -0.05) is 13.8 Å². The number of hydrogen-bond acceptors (Lipinski definition) is 3. The fraction of sp³-hybridized carbons (Fsp3) is 0.316. The highest BCUT2D eigenvalue weighted by atomic mass is 19.4. The molecule has 4 nitrogen and oxygen atoms in total. The van der Waals surface area contributed by atoms with Gasteiger partial charge in [-0.3, -0.25) is 14.6 Å². The normalized spacial score (nSPS) is 11.5. The topological polar surface area (TPSA) is 59.1 Å². The van der Waals surface area contributed by atoms with Gasteiger partial charge in [0.05, 0.1) is 5.56 Å². The van der Waals surface area contributed by atoms with Crippen LogP contribution in [0.2, 0.25) is 0 Å². The maximum Gasteiger partial charge on any atom is 0.416 e. The van der Waals surface area contributed by atoms with Crippen molar-refractivity contribution in [3.8, 4) is 0 Å². The number of carbonyl (C=O) groups is 2. The number of hydrogen-bond donors (Lipinski definition) is 1. The lowest BCUT2D eigenvalue weighted by atomic mass is 10.0. The summed E-state index contributed by atoms with van der Waals surface area (Å²) in [5.41, 5.74) is -0.499. The van der Waals surface area contributed by atoms with Gasteiger partial charge >= 0.3 is 6.18 Å². The Morgan fingerprint density at radius 3 is 2.48 bits per heavy atom. The Balaban J connectivity index is 2.08. The summed E-state index contributed by atoms with van der Waals surface area (Å²) in [4.78, 5) is 28.0. The molecule has 0 atom stereocenters. The van der Waals surface area contributed by atoms with Gasteiger partial charge in [-0.15, -0.1) is 0 Å². The minimum Gasteiger partial charge on any atom is -0.348 e. The standard InChI is InChI=1S/C19H18F4N2O2/c1-11(2)17(26)9-16-7-13(3-4-24-16)18(27)25-10-12-5-14(19(21,22)23)8-15(20)6-12/h3-8,11H,9-10H2,1-2H3,(H,25,27). The molecule has 1 aromatic carbocycles. The largest absolute Gasteiger partial charge is 0.416 e. The molecule has 0 aliphatic rings. The number of nitrogens with one attached hydrogen (secondary N) is 1. The quantitative estimate of drug-likeness (QED) is 0.770. The van der Waals surface area contributed by atoms with E-state index in [9.17, 15) is 27.2 Å². The molecule has 0 aliphatic carbocycles. The monoisotopic (exact) mass is 382 g/mol. The number of carbonyl (C=O) groups excluding carboxylic acids is 2. The lowest BCUT2D eigenvalue weighted by Gasteiger charge is -2.11. The summed E-state index contributed by atoms with van der Waals surface area (Å²) in [6, 6.07) is 4.97. The number of ketones is 1. The predicted molar refractivity (Wildman–Crippen MR) is 90.4 cm³/mol. The third-order valence-corrected chi connectivity index (χ3v) is 3.82. The number of halogens is 4. The van der Waals surface area contributed by atoms with E-state index >= 15 is 0 Å². The van der Waals surface area contributed by atoms with E-state index in [0.29, 0.717) is 11.8 Å². The van der Waals surface area contributed by atoms with Crippen molar-refractivity contribution in [1.82, 2.24) is 10.3 Å². The van der Waals surface area contributed by atoms with E-state index in [1.165, 1.54) is 18.3 Å². The molecule has 1 aromatic heterocycles. The number of rotatable bonds is 6. The molecule has 0 saturated carbocycles. The van der Waals surface area contributed by atoms with Gasteiger partial charge in [-0.2, -0.15) is 13.2 Å². The SMILES string of the molecule is CC(C)C(=O)Cc1cc(C(=O)NCc2cc(F)cc(C(F)(F)F)c2)ccn1. The Hall–Kier alpha value is -2.77. The minimum atomic E-state index is -4.68. The maximum absolute atomic E-state index is 13.4. The van der Waals surface area contributed by atoms with Gasteiger partial charge in [-0.05, 0) is 35.9 Å². The average molecular weight is 382 g/mol. The number of aromatic nitrogens is 1. The summed E-state index contributed by atoms with van der Waals surface area (Å²) in [6.45, 7) is 3.24. The molecule has 27 heavy (non-hydrogen) atoms. The molecule has 0 spiro atoms. The smallest absolute Gasteiger partial charge is 0.348 e. The van der Waals surface area contributed by atoms with Crippen molar-refractivity contribution in [3.05, 3.63) is 64.7 Å². The van der Waals surface area contributed by atoms with Gasteiger partial charge in [0.2, 0.25) is 0 Å². The van der Waals surface area contributed by atoms with Crippen LogP contribution in [0.5, 0.6) is 0 Å². The van der Waals surface area contributed by atoms with Crippen LogP contribution < -0.4 is 5.32 Å². The molecular formula is C19H18F4N2O2. The first-order valence-corrected chi connectivity index (χ1v) is 8.18. The molecule has 144 valence electrons. The van der Waals surface area contributed by atoms with Crippen molar-refractivity contribution in [1.29, 1.82) is 0 Å². The van der Waals surface area contributed by atoms with Gasteiger partial charge in [0.1, 0.15) is 11.6 Å². The van der Waals surface area contributed by atoms with Crippen molar-refractivity contribution in [2.75, 3.05) is 0 Å². The number of alkyl halides is 3. The van der Waals surface area contributed by atoms with Crippen LogP contribution >= 0.6 is 0 Å². The molecule has 8 heteroatoms. The third kappa shape index (κ3) is 5.87. The number of nitrogens with zero attached hydrogens (tertiary/aromatic N) is 1. The summed E-state index contributed by atoms with van der Waals surface area (Å²) < 4.78 is 51.6. The van der Waals surface area contributed by atoms with Gasteiger partial charge in [0, 0.05) is 36.3 Å². The van der Waals surface area contributed by atoms with E-state index in [2.05, 4.69) is 10.3 Å². The van der Waals surface area contributed by atoms with Crippen LogP contribution in [0.1, 0.15) is 41.0 Å². The first-order valence-electron chi connectivity index (χ1n) is 8.18. The minimum absolute atomic E-state index is 0.0139. The molecule has 2 aromatic rings. The van der Waals surface area contributed by atoms with Gasteiger partial charge in [0.25, 0.3) is 5.91 Å². The fourth-order valence-electron chi connectivity index (χ4n) is 2.30. The molecule has 2 rings (SSSR count). The van der Waals surface area contributed by atoms with Crippen LogP contribution in [0.15, 0.2) is 36.5 Å². The highest BCUT2D eigenvalue weighted by Gasteiger charge is 2.31.